The first-order chi connectivity index (χ1) is 14.1. The summed E-state index contributed by atoms with van der Waals surface area (Å²) in [5.74, 6) is -0.539. The third-order valence-corrected chi connectivity index (χ3v) is 4.82. The fourth-order valence-corrected chi connectivity index (χ4v) is 3.40. The highest BCUT2D eigenvalue weighted by atomic mass is 19.1. The molecule has 3 aromatic rings. The molecule has 0 spiro atoms. The van der Waals surface area contributed by atoms with Gasteiger partial charge in [-0.3, -0.25) is 9.59 Å². The van der Waals surface area contributed by atoms with Gasteiger partial charge in [-0.1, -0.05) is 35.5 Å². The zero-order valence-corrected chi connectivity index (χ0v) is 15.6. The maximum absolute atomic E-state index is 14.0. The molecule has 1 saturated heterocycles. The molecule has 2 atom stereocenters. The number of nitrogens with zero attached hydrogens (tertiary/aromatic N) is 4. The summed E-state index contributed by atoms with van der Waals surface area (Å²) in [5.41, 5.74) is 1.14. The Labute approximate surface area is 166 Å². The van der Waals surface area contributed by atoms with Crippen LogP contribution in [0.4, 0.5) is 4.39 Å². The number of likely N-dealkylation sites (tertiary alicyclic amines) is 1. The molecule has 2 unspecified atom stereocenters. The molecular formula is C20H20FN5O3. The number of hydrogen-bond donors (Lipinski definition) is 1. The molecule has 0 bridgehead atoms. The second-order valence-corrected chi connectivity index (χ2v) is 6.92. The summed E-state index contributed by atoms with van der Waals surface area (Å²) in [7, 11) is 0. The molecule has 4 rings (SSSR count). The first-order valence-corrected chi connectivity index (χ1v) is 9.31. The third kappa shape index (κ3) is 4.34. The predicted octanol–water partition coefficient (Wildman–Crippen LogP) is 2.05. The number of nitrogens with one attached hydrogen (secondary N) is 1. The molecule has 0 aliphatic carbocycles. The molecule has 1 aliphatic heterocycles. The number of benzene rings is 1. The summed E-state index contributed by atoms with van der Waals surface area (Å²) < 4.78 is 20.6. The highest BCUT2D eigenvalue weighted by Crippen LogP contribution is 2.24. The van der Waals surface area contributed by atoms with Crippen LogP contribution < -0.4 is 5.32 Å². The topological polar surface area (TPSA) is 93.3 Å². The smallest absolute Gasteiger partial charge is 0.289 e. The van der Waals surface area contributed by atoms with Crippen molar-refractivity contribution in [2.45, 2.75) is 31.7 Å². The number of halogens is 1. The predicted molar refractivity (Wildman–Crippen MR) is 101 cm³/mol. The molecule has 2 aromatic heterocycles. The largest absolute Gasteiger partial charge is 0.459 e. The maximum atomic E-state index is 14.0. The fraction of sp³-hybridized carbons (Fsp3) is 0.300. The zero-order chi connectivity index (χ0) is 20.2. The van der Waals surface area contributed by atoms with Crippen molar-refractivity contribution in [1.29, 1.82) is 0 Å². The molecule has 150 valence electrons. The maximum Gasteiger partial charge on any atom is 0.289 e. The first-order valence-electron chi connectivity index (χ1n) is 9.31. The van der Waals surface area contributed by atoms with E-state index in [9.17, 15) is 14.0 Å². The minimum Gasteiger partial charge on any atom is -0.459 e. The lowest BCUT2D eigenvalue weighted by atomic mass is 10.2. The van der Waals surface area contributed by atoms with E-state index in [2.05, 4.69) is 15.6 Å². The molecule has 1 aliphatic rings. The lowest BCUT2D eigenvalue weighted by Crippen LogP contribution is -2.38. The van der Waals surface area contributed by atoms with Crippen LogP contribution >= 0.6 is 0 Å². The van der Waals surface area contributed by atoms with Gasteiger partial charge >= 0.3 is 0 Å². The first kappa shape index (κ1) is 18.9. The van der Waals surface area contributed by atoms with Gasteiger partial charge in [-0.05, 0) is 17.7 Å². The summed E-state index contributed by atoms with van der Waals surface area (Å²) in [6.07, 6.45) is 1.99. The van der Waals surface area contributed by atoms with Gasteiger partial charge < -0.3 is 14.6 Å². The second kappa shape index (κ2) is 8.26. The Kier molecular flexibility index (Phi) is 5.37. The Morgan fingerprint density at radius 1 is 1.21 bits per heavy atom. The van der Waals surface area contributed by atoms with Gasteiger partial charge in [0, 0.05) is 13.0 Å². The zero-order valence-electron chi connectivity index (χ0n) is 15.6. The molecule has 0 saturated carbocycles. The van der Waals surface area contributed by atoms with E-state index >= 15 is 0 Å². The lowest BCUT2D eigenvalue weighted by Gasteiger charge is -2.23. The number of carbonyl (C=O) groups excluding carboxylic acids is 2. The van der Waals surface area contributed by atoms with Gasteiger partial charge in [-0.2, -0.15) is 0 Å². The van der Waals surface area contributed by atoms with Crippen molar-refractivity contribution >= 4 is 11.8 Å². The molecule has 1 fully saturated rings. The fourth-order valence-electron chi connectivity index (χ4n) is 3.40. The molecule has 1 aromatic carbocycles. The van der Waals surface area contributed by atoms with Crippen molar-refractivity contribution in [3.8, 4) is 0 Å². The minimum atomic E-state index is -1.11. The third-order valence-electron chi connectivity index (χ3n) is 4.82. The van der Waals surface area contributed by atoms with E-state index < -0.39 is 12.2 Å². The van der Waals surface area contributed by atoms with Crippen LogP contribution in [0.3, 0.4) is 0 Å². The summed E-state index contributed by atoms with van der Waals surface area (Å²) in [5, 5.41) is 10.6. The number of rotatable bonds is 6. The molecule has 0 radical (unpaired) electrons. The molecule has 8 nitrogen and oxygen atoms in total. The van der Waals surface area contributed by atoms with Crippen LogP contribution in [0.1, 0.15) is 33.0 Å². The van der Waals surface area contributed by atoms with Crippen molar-refractivity contribution in [2.75, 3.05) is 6.54 Å². The SMILES string of the molecule is O=C(NCc1ccccc1)c1cn(CC2CC(F)CN2C(=O)c2ccco2)nn1. The van der Waals surface area contributed by atoms with Crippen LogP contribution in [0.15, 0.2) is 59.3 Å². The summed E-state index contributed by atoms with van der Waals surface area (Å²) in [6, 6.07) is 12.3. The van der Waals surface area contributed by atoms with Crippen LogP contribution in [0.2, 0.25) is 0 Å². The van der Waals surface area contributed by atoms with Crippen molar-refractivity contribution in [3.05, 3.63) is 71.9 Å². The van der Waals surface area contributed by atoms with E-state index in [1.165, 1.54) is 22.0 Å². The number of furan rings is 1. The van der Waals surface area contributed by atoms with Crippen LogP contribution in [0.5, 0.6) is 0 Å². The van der Waals surface area contributed by atoms with Crippen molar-refractivity contribution in [3.63, 3.8) is 0 Å². The van der Waals surface area contributed by atoms with Gasteiger partial charge in [0.1, 0.15) is 6.17 Å². The van der Waals surface area contributed by atoms with Crippen molar-refractivity contribution < 1.29 is 18.4 Å². The van der Waals surface area contributed by atoms with Gasteiger partial charge in [0.05, 0.1) is 31.6 Å². The van der Waals surface area contributed by atoms with Gasteiger partial charge in [0.25, 0.3) is 11.8 Å². The van der Waals surface area contributed by atoms with Crippen molar-refractivity contribution in [2.24, 2.45) is 0 Å². The van der Waals surface area contributed by atoms with Crippen LogP contribution in [-0.4, -0.2) is 50.5 Å². The number of alkyl halides is 1. The number of carbonyl (C=O) groups is 2. The summed E-state index contributed by atoms with van der Waals surface area (Å²) >= 11 is 0. The number of aromatic nitrogens is 3. The Morgan fingerprint density at radius 2 is 2.03 bits per heavy atom. The minimum absolute atomic E-state index is 0.00329. The van der Waals surface area contributed by atoms with Gasteiger partial charge in [-0.25, -0.2) is 9.07 Å². The van der Waals surface area contributed by atoms with E-state index in [0.717, 1.165) is 5.56 Å². The molecule has 9 heteroatoms. The molecule has 1 N–H and O–H groups in total. The summed E-state index contributed by atoms with van der Waals surface area (Å²) in [6.45, 7) is 0.624. The monoisotopic (exact) mass is 397 g/mol. The van der Waals surface area contributed by atoms with Gasteiger partial charge in [-0.15, -0.1) is 5.10 Å². The van der Waals surface area contributed by atoms with E-state index in [4.69, 9.17) is 4.42 Å². The average molecular weight is 397 g/mol. The summed E-state index contributed by atoms with van der Waals surface area (Å²) in [4.78, 5) is 26.3. The van der Waals surface area contributed by atoms with Crippen LogP contribution in [0, 0.1) is 0 Å². The number of amides is 2. The second-order valence-electron chi connectivity index (χ2n) is 6.92. The normalized spacial score (nSPS) is 18.7. The molecular weight excluding hydrogens is 377 g/mol. The Bertz CT molecular complexity index is 973. The van der Waals surface area contributed by atoms with Crippen LogP contribution in [-0.2, 0) is 13.1 Å². The quantitative estimate of drug-likeness (QED) is 0.687. The molecule has 2 amide bonds. The van der Waals surface area contributed by atoms with Crippen LogP contribution in [0.25, 0.3) is 0 Å². The highest BCUT2D eigenvalue weighted by Gasteiger charge is 2.37. The lowest BCUT2D eigenvalue weighted by molar-refractivity contribution is 0.0682. The number of hydrogen-bond acceptors (Lipinski definition) is 5. The highest BCUT2D eigenvalue weighted by molar-refractivity contribution is 5.92. The molecule has 3 heterocycles. The van der Waals surface area contributed by atoms with E-state index in [-0.39, 0.29) is 42.8 Å². The van der Waals surface area contributed by atoms with E-state index in [0.29, 0.717) is 6.54 Å². The van der Waals surface area contributed by atoms with Gasteiger partial charge in [0.2, 0.25) is 0 Å². The Balaban J connectivity index is 1.38. The standard InChI is InChI=1S/C20H20FN5O3/c21-15-9-16(26(11-15)20(28)18-7-4-8-29-18)12-25-13-17(23-24-25)19(27)22-10-14-5-2-1-3-6-14/h1-8,13,15-16H,9-12H2,(H,22,27). The van der Waals surface area contributed by atoms with Crippen molar-refractivity contribution in [1.82, 2.24) is 25.2 Å². The van der Waals surface area contributed by atoms with Gasteiger partial charge in [0.15, 0.2) is 11.5 Å². The average Bonchev–Trinajstić information content (AvgIpc) is 3.48. The molecule has 29 heavy (non-hydrogen) atoms. The Morgan fingerprint density at radius 3 is 2.79 bits per heavy atom. The van der Waals surface area contributed by atoms with E-state index in [1.54, 1.807) is 12.1 Å². The van der Waals surface area contributed by atoms with E-state index in [1.807, 2.05) is 30.3 Å². The Hall–Kier alpha value is -3.49.